The molecular formula is C22H19F3N2O3. The lowest BCUT2D eigenvalue weighted by atomic mass is 10.0. The van der Waals surface area contributed by atoms with E-state index in [2.05, 4.69) is 4.98 Å². The highest BCUT2D eigenvalue weighted by molar-refractivity contribution is 6.08. The fourth-order valence-corrected chi connectivity index (χ4v) is 3.09. The van der Waals surface area contributed by atoms with Crippen molar-refractivity contribution in [3.05, 3.63) is 65.7 Å². The molecule has 0 atom stereocenters. The van der Waals surface area contributed by atoms with Crippen LogP contribution in [0.2, 0.25) is 0 Å². The van der Waals surface area contributed by atoms with E-state index in [9.17, 15) is 22.8 Å². The molecule has 3 aromatic rings. The van der Waals surface area contributed by atoms with Gasteiger partial charge in [-0.3, -0.25) is 9.59 Å². The third-order valence-electron chi connectivity index (χ3n) is 4.46. The predicted octanol–water partition coefficient (Wildman–Crippen LogP) is 4.56. The molecule has 0 radical (unpaired) electrons. The van der Waals surface area contributed by atoms with Crippen LogP contribution in [-0.2, 0) is 15.7 Å². The molecule has 1 amide bonds. The zero-order valence-electron chi connectivity index (χ0n) is 16.4. The molecule has 0 fully saturated rings. The minimum absolute atomic E-state index is 0.0248. The molecule has 1 heterocycles. The second-order valence-corrected chi connectivity index (χ2v) is 6.59. The summed E-state index contributed by atoms with van der Waals surface area (Å²) in [6, 6.07) is 13.6. The number of para-hydroxylation sites is 1. The number of rotatable bonds is 5. The Labute approximate surface area is 171 Å². The van der Waals surface area contributed by atoms with E-state index in [1.54, 1.807) is 37.3 Å². The van der Waals surface area contributed by atoms with Crippen LogP contribution in [0.3, 0.4) is 0 Å². The summed E-state index contributed by atoms with van der Waals surface area (Å²) in [5.74, 6) is -1.21. The second kappa shape index (κ2) is 8.52. The van der Waals surface area contributed by atoms with E-state index in [1.807, 2.05) is 0 Å². The summed E-state index contributed by atoms with van der Waals surface area (Å²) in [6.07, 6.45) is -4.64. The monoisotopic (exact) mass is 416 g/mol. The van der Waals surface area contributed by atoms with Crippen LogP contribution in [-0.4, -0.2) is 42.0 Å². The zero-order chi connectivity index (χ0) is 21.9. The van der Waals surface area contributed by atoms with E-state index in [-0.39, 0.29) is 35.3 Å². The van der Waals surface area contributed by atoms with Gasteiger partial charge in [-0.05, 0) is 19.1 Å². The lowest BCUT2D eigenvalue weighted by molar-refractivity contribution is -0.143. The van der Waals surface area contributed by atoms with Gasteiger partial charge in [-0.15, -0.1) is 0 Å². The summed E-state index contributed by atoms with van der Waals surface area (Å²) in [6.45, 7) is 1.48. The summed E-state index contributed by atoms with van der Waals surface area (Å²) in [5.41, 5.74) is -0.429. The van der Waals surface area contributed by atoms with Crippen molar-refractivity contribution in [2.24, 2.45) is 0 Å². The van der Waals surface area contributed by atoms with E-state index in [1.165, 1.54) is 25.2 Å². The smallest absolute Gasteiger partial charge is 0.418 e. The minimum atomic E-state index is -4.64. The van der Waals surface area contributed by atoms with Crippen LogP contribution in [0.15, 0.2) is 54.6 Å². The number of nitrogens with zero attached hydrogens (tertiary/aromatic N) is 2. The molecule has 2 aromatic carbocycles. The summed E-state index contributed by atoms with van der Waals surface area (Å²) in [7, 11) is 1.39. The number of carbonyl (C=O) groups is 2. The second-order valence-electron chi connectivity index (χ2n) is 6.59. The maximum absolute atomic E-state index is 13.6. The van der Waals surface area contributed by atoms with Crippen LogP contribution in [0.5, 0.6) is 0 Å². The number of esters is 1. The molecule has 5 nitrogen and oxygen atoms in total. The first-order chi connectivity index (χ1) is 14.2. The molecule has 0 N–H and O–H groups in total. The molecule has 30 heavy (non-hydrogen) atoms. The number of likely N-dealkylation sites (N-methyl/N-ethyl adjacent to an activating group) is 1. The van der Waals surface area contributed by atoms with Gasteiger partial charge in [-0.2, -0.15) is 13.2 Å². The molecule has 0 saturated heterocycles. The fourth-order valence-electron chi connectivity index (χ4n) is 3.09. The standard InChI is InChI=1S/C22H19F3N2O3/c1-3-30-19(28)13-27(2)21(29)16-12-18(14-8-5-4-6-9-14)26-20-15(16)10-7-11-17(20)22(23,24)25/h4-12H,3,13H2,1-2H3. The van der Waals surface area contributed by atoms with Crippen molar-refractivity contribution in [2.75, 3.05) is 20.2 Å². The molecule has 0 saturated carbocycles. The van der Waals surface area contributed by atoms with Crippen LogP contribution >= 0.6 is 0 Å². The van der Waals surface area contributed by atoms with Gasteiger partial charge in [0.2, 0.25) is 0 Å². The van der Waals surface area contributed by atoms with Crippen LogP contribution in [0.4, 0.5) is 13.2 Å². The van der Waals surface area contributed by atoms with Gasteiger partial charge < -0.3 is 9.64 Å². The Bertz CT molecular complexity index is 1080. The van der Waals surface area contributed by atoms with Crippen molar-refractivity contribution in [2.45, 2.75) is 13.1 Å². The molecular weight excluding hydrogens is 397 g/mol. The average molecular weight is 416 g/mol. The Hall–Kier alpha value is -3.42. The molecule has 0 bridgehead atoms. The van der Waals surface area contributed by atoms with Crippen LogP contribution < -0.4 is 0 Å². The SMILES string of the molecule is CCOC(=O)CN(C)C(=O)c1cc(-c2ccccc2)nc2c(C(F)(F)F)cccc12. The number of hydrogen-bond acceptors (Lipinski definition) is 4. The third kappa shape index (κ3) is 4.42. The number of halogens is 3. The Morgan fingerprint density at radius 2 is 1.77 bits per heavy atom. The van der Waals surface area contributed by atoms with Gasteiger partial charge in [0.25, 0.3) is 5.91 Å². The number of amides is 1. The lowest BCUT2D eigenvalue weighted by Gasteiger charge is -2.19. The first-order valence-electron chi connectivity index (χ1n) is 9.19. The molecule has 1 aromatic heterocycles. The highest BCUT2D eigenvalue weighted by Gasteiger charge is 2.34. The quantitative estimate of drug-likeness (QED) is 0.573. The number of pyridine rings is 1. The van der Waals surface area contributed by atoms with Gasteiger partial charge in [-0.1, -0.05) is 42.5 Å². The van der Waals surface area contributed by atoms with Crippen molar-refractivity contribution < 1.29 is 27.5 Å². The maximum Gasteiger partial charge on any atom is 0.418 e. The highest BCUT2D eigenvalue weighted by Crippen LogP contribution is 2.36. The molecule has 0 aliphatic carbocycles. The highest BCUT2D eigenvalue weighted by atomic mass is 19.4. The number of alkyl halides is 3. The first kappa shape index (κ1) is 21.3. The van der Waals surface area contributed by atoms with Crippen molar-refractivity contribution in [1.29, 1.82) is 0 Å². The Morgan fingerprint density at radius 3 is 2.40 bits per heavy atom. The van der Waals surface area contributed by atoms with E-state index in [0.717, 1.165) is 11.0 Å². The van der Waals surface area contributed by atoms with Crippen molar-refractivity contribution in [3.8, 4) is 11.3 Å². The van der Waals surface area contributed by atoms with E-state index in [4.69, 9.17) is 4.74 Å². The Balaban J connectivity index is 2.19. The number of carbonyl (C=O) groups excluding carboxylic acids is 2. The van der Waals surface area contributed by atoms with E-state index >= 15 is 0 Å². The number of benzene rings is 2. The predicted molar refractivity (Wildman–Crippen MR) is 106 cm³/mol. The van der Waals surface area contributed by atoms with Crippen LogP contribution in [0.25, 0.3) is 22.2 Å². The van der Waals surface area contributed by atoms with Gasteiger partial charge in [-0.25, -0.2) is 4.98 Å². The van der Waals surface area contributed by atoms with Crippen molar-refractivity contribution in [1.82, 2.24) is 9.88 Å². The number of aromatic nitrogens is 1. The molecule has 0 spiro atoms. The van der Waals surface area contributed by atoms with Gasteiger partial charge in [0.1, 0.15) is 6.54 Å². The number of ether oxygens (including phenoxy) is 1. The van der Waals surface area contributed by atoms with Crippen LogP contribution in [0.1, 0.15) is 22.8 Å². The largest absolute Gasteiger partial charge is 0.465 e. The summed E-state index contributed by atoms with van der Waals surface area (Å²) < 4.78 is 45.7. The topological polar surface area (TPSA) is 59.5 Å². The van der Waals surface area contributed by atoms with Gasteiger partial charge in [0.15, 0.2) is 0 Å². The molecule has 0 aliphatic rings. The summed E-state index contributed by atoms with van der Waals surface area (Å²) in [4.78, 5) is 30.1. The fraction of sp³-hybridized carbons (Fsp3) is 0.227. The van der Waals surface area contributed by atoms with Crippen LogP contribution in [0, 0.1) is 0 Å². The molecule has 156 valence electrons. The first-order valence-corrected chi connectivity index (χ1v) is 9.19. The molecule has 8 heteroatoms. The summed E-state index contributed by atoms with van der Waals surface area (Å²) >= 11 is 0. The van der Waals surface area contributed by atoms with Crippen molar-refractivity contribution in [3.63, 3.8) is 0 Å². The van der Waals surface area contributed by atoms with E-state index < -0.39 is 23.6 Å². The van der Waals surface area contributed by atoms with Crippen molar-refractivity contribution >= 4 is 22.8 Å². The van der Waals surface area contributed by atoms with Gasteiger partial charge in [0, 0.05) is 18.0 Å². The van der Waals surface area contributed by atoms with Gasteiger partial charge in [0.05, 0.1) is 28.9 Å². The number of fused-ring (bicyclic) bond motifs is 1. The third-order valence-corrected chi connectivity index (χ3v) is 4.46. The average Bonchev–Trinajstić information content (AvgIpc) is 2.72. The maximum atomic E-state index is 13.6. The van der Waals surface area contributed by atoms with Gasteiger partial charge >= 0.3 is 12.1 Å². The Morgan fingerprint density at radius 1 is 1.07 bits per heavy atom. The normalized spacial score (nSPS) is 11.4. The van der Waals surface area contributed by atoms with E-state index in [0.29, 0.717) is 5.56 Å². The summed E-state index contributed by atoms with van der Waals surface area (Å²) in [5, 5.41) is 0.0604. The lowest BCUT2D eigenvalue weighted by Crippen LogP contribution is -2.33. The molecule has 3 rings (SSSR count). The minimum Gasteiger partial charge on any atom is -0.465 e. The number of hydrogen-bond donors (Lipinski definition) is 0. The zero-order valence-corrected chi connectivity index (χ0v) is 16.4. The Kier molecular flexibility index (Phi) is 6.05. The molecule has 0 aliphatic heterocycles. The molecule has 0 unspecified atom stereocenters.